The van der Waals surface area contributed by atoms with E-state index >= 15 is 0 Å². The first kappa shape index (κ1) is 19.4. The van der Waals surface area contributed by atoms with Gasteiger partial charge in [0.2, 0.25) is 0 Å². The molecule has 1 aliphatic carbocycles. The van der Waals surface area contributed by atoms with Crippen molar-refractivity contribution in [3.8, 4) is 0 Å². The largest absolute Gasteiger partial charge is 0.466 e. The zero-order valence-electron chi connectivity index (χ0n) is 16.1. The Hall–Kier alpha value is -2.94. The van der Waals surface area contributed by atoms with Gasteiger partial charge in [-0.25, -0.2) is 9.78 Å². The normalized spacial score (nSPS) is 14.4. The summed E-state index contributed by atoms with van der Waals surface area (Å²) in [5.41, 5.74) is 2.32. The average molecular weight is 414 g/mol. The molecule has 0 unspecified atom stereocenters. The van der Waals surface area contributed by atoms with Gasteiger partial charge in [-0.2, -0.15) is 0 Å². The van der Waals surface area contributed by atoms with E-state index in [-0.39, 0.29) is 30.0 Å². The predicted molar refractivity (Wildman–Crippen MR) is 110 cm³/mol. The molecule has 3 aromatic rings. The fourth-order valence-corrected chi connectivity index (χ4v) is 4.48. The molecule has 4 rings (SSSR count). The summed E-state index contributed by atoms with van der Waals surface area (Å²) >= 11 is 1.25. The molecule has 152 valence electrons. The first-order valence-electron chi connectivity index (χ1n) is 9.71. The summed E-state index contributed by atoms with van der Waals surface area (Å²) in [5.74, 6) is -0.671. The molecule has 9 heteroatoms. The van der Waals surface area contributed by atoms with Gasteiger partial charge in [0.15, 0.2) is 5.13 Å². The van der Waals surface area contributed by atoms with E-state index in [1.54, 1.807) is 24.4 Å². The van der Waals surface area contributed by atoms with Gasteiger partial charge in [0.1, 0.15) is 0 Å². The number of aromatic amines is 1. The fourth-order valence-electron chi connectivity index (χ4n) is 3.77. The van der Waals surface area contributed by atoms with Gasteiger partial charge in [0.05, 0.1) is 29.8 Å². The van der Waals surface area contributed by atoms with Gasteiger partial charge >= 0.3 is 11.7 Å². The van der Waals surface area contributed by atoms with Crippen molar-refractivity contribution in [1.29, 1.82) is 0 Å². The second-order valence-corrected chi connectivity index (χ2v) is 7.91. The highest BCUT2D eigenvalue weighted by molar-refractivity contribution is 7.14. The number of esters is 1. The molecule has 0 radical (unpaired) electrons. The van der Waals surface area contributed by atoms with Crippen LogP contribution in [0.1, 0.15) is 54.7 Å². The van der Waals surface area contributed by atoms with Crippen LogP contribution in [0.2, 0.25) is 0 Å². The Morgan fingerprint density at radius 3 is 2.90 bits per heavy atom. The van der Waals surface area contributed by atoms with Crippen LogP contribution in [0.4, 0.5) is 5.13 Å². The predicted octanol–water partition coefficient (Wildman–Crippen LogP) is 3.26. The molecular weight excluding hydrogens is 392 g/mol. The van der Waals surface area contributed by atoms with E-state index in [2.05, 4.69) is 15.3 Å². The first-order valence-corrected chi connectivity index (χ1v) is 10.6. The van der Waals surface area contributed by atoms with Crippen LogP contribution in [0.3, 0.4) is 0 Å². The number of carbonyl (C=O) groups excluding carboxylic acids is 2. The topological polar surface area (TPSA) is 106 Å². The molecular formula is C20H22N4O4S. The smallest absolute Gasteiger partial charge is 0.326 e. The minimum Gasteiger partial charge on any atom is -0.466 e. The summed E-state index contributed by atoms with van der Waals surface area (Å²) in [4.78, 5) is 43.7. The molecule has 8 nitrogen and oxygen atoms in total. The Bertz CT molecular complexity index is 1110. The number of imidazole rings is 1. The number of benzene rings is 1. The van der Waals surface area contributed by atoms with Crippen LogP contribution >= 0.6 is 11.3 Å². The number of H-pyrrole nitrogens is 1. The highest BCUT2D eigenvalue weighted by Crippen LogP contribution is 2.30. The van der Waals surface area contributed by atoms with Gasteiger partial charge in [0, 0.05) is 17.0 Å². The van der Waals surface area contributed by atoms with Crippen LogP contribution in [0.25, 0.3) is 11.0 Å². The molecule has 0 atom stereocenters. The Labute approximate surface area is 170 Å². The molecule has 1 aliphatic rings. The Morgan fingerprint density at radius 2 is 2.14 bits per heavy atom. The van der Waals surface area contributed by atoms with Crippen LogP contribution in [-0.4, -0.2) is 33.0 Å². The number of rotatable bonds is 6. The Balaban J connectivity index is 1.50. The second kappa shape index (κ2) is 8.20. The van der Waals surface area contributed by atoms with Gasteiger partial charge in [-0.15, -0.1) is 11.3 Å². The number of nitrogens with one attached hydrogen (secondary N) is 2. The number of thiazole rings is 1. The standard InChI is InChI=1S/C20H22N4O4S/c1-2-28-17(25)10-13-11-29-19(21-13)23-18(26)12-7-8-16-15(9-12)22-20(27)24(16)14-5-3-4-6-14/h7-9,11,14H,2-6,10H2,1H3,(H,22,27)(H,21,23,26). The maximum atomic E-state index is 12.6. The summed E-state index contributed by atoms with van der Waals surface area (Å²) in [6.07, 6.45) is 4.36. The van der Waals surface area contributed by atoms with E-state index in [0.29, 0.717) is 28.5 Å². The van der Waals surface area contributed by atoms with E-state index in [0.717, 1.165) is 31.2 Å². The molecule has 2 heterocycles. The number of aromatic nitrogens is 3. The molecule has 0 bridgehead atoms. The third-order valence-corrected chi connectivity index (χ3v) is 5.88. The highest BCUT2D eigenvalue weighted by Gasteiger charge is 2.21. The van der Waals surface area contributed by atoms with Crippen molar-refractivity contribution in [2.24, 2.45) is 0 Å². The molecule has 29 heavy (non-hydrogen) atoms. The second-order valence-electron chi connectivity index (χ2n) is 7.05. The van der Waals surface area contributed by atoms with Gasteiger partial charge in [-0.1, -0.05) is 12.8 Å². The molecule has 1 aromatic carbocycles. The molecule has 1 fully saturated rings. The van der Waals surface area contributed by atoms with Crippen LogP contribution in [-0.2, 0) is 16.0 Å². The van der Waals surface area contributed by atoms with Gasteiger partial charge in [-0.05, 0) is 38.0 Å². The van der Waals surface area contributed by atoms with Crippen LogP contribution in [0.15, 0.2) is 28.4 Å². The van der Waals surface area contributed by atoms with E-state index in [1.807, 2.05) is 10.6 Å². The minimum absolute atomic E-state index is 0.0715. The maximum Gasteiger partial charge on any atom is 0.326 e. The number of nitrogens with zero attached hydrogens (tertiary/aromatic N) is 2. The molecule has 1 saturated carbocycles. The number of anilines is 1. The number of ether oxygens (including phenoxy) is 1. The summed E-state index contributed by atoms with van der Waals surface area (Å²) < 4.78 is 6.71. The van der Waals surface area contributed by atoms with Crippen LogP contribution in [0, 0.1) is 0 Å². The van der Waals surface area contributed by atoms with Gasteiger partial charge < -0.3 is 9.72 Å². The van der Waals surface area contributed by atoms with E-state index in [4.69, 9.17) is 4.74 Å². The number of hydrogen-bond acceptors (Lipinski definition) is 6. The summed E-state index contributed by atoms with van der Waals surface area (Å²) in [5, 5.41) is 4.87. The summed E-state index contributed by atoms with van der Waals surface area (Å²) in [7, 11) is 0. The van der Waals surface area contributed by atoms with E-state index < -0.39 is 0 Å². The Kier molecular flexibility index (Phi) is 5.48. The lowest BCUT2D eigenvalue weighted by Crippen LogP contribution is -2.20. The van der Waals surface area contributed by atoms with Crippen molar-refractivity contribution >= 4 is 39.4 Å². The Morgan fingerprint density at radius 1 is 1.34 bits per heavy atom. The zero-order chi connectivity index (χ0) is 20.4. The molecule has 0 aliphatic heterocycles. The maximum absolute atomic E-state index is 12.6. The third-order valence-electron chi connectivity index (χ3n) is 5.07. The van der Waals surface area contributed by atoms with Crippen molar-refractivity contribution in [2.45, 2.75) is 45.1 Å². The SMILES string of the molecule is CCOC(=O)Cc1csc(NC(=O)c2ccc3c(c2)[nH]c(=O)n3C2CCCC2)n1. The van der Waals surface area contributed by atoms with Crippen molar-refractivity contribution in [3.63, 3.8) is 0 Å². The minimum atomic E-state index is -0.350. The fraction of sp³-hybridized carbons (Fsp3) is 0.400. The van der Waals surface area contributed by atoms with Crippen molar-refractivity contribution in [2.75, 3.05) is 11.9 Å². The first-order chi connectivity index (χ1) is 14.0. The lowest BCUT2D eigenvalue weighted by atomic mass is 10.1. The number of carbonyl (C=O) groups is 2. The monoisotopic (exact) mass is 414 g/mol. The van der Waals surface area contributed by atoms with E-state index in [1.165, 1.54) is 11.3 Å². The van der Waals surface area contributed by atoms with Crippen molar-refractivity contribution < 1.29 is 14.3 Å². The van der Waals surface area contributed by atoms with Crippen molar-refractivity contribution in [3.05, 3.63) is 45.3 Å². The van der Waals surface area contributed by atoms with Gasteiger partial charge in [-0.3, -0.25) is 19.5 Å². The quantitative estimate of drug-likeness (QED) is 0.602. The van der Waals surface area contributed by atoms with Gasteiger partial charge in [0.25, 0.3) is 5.91 Å². The highest BCUT2D eigenvalue weighted by atomic mass is 32.1. The lowest BCUT2D eigenvalue weighted by molar-refractivity contribution is -0.142. The summed E-state index contributed by atoms with van der Waals surface area (Å²) in [6, 6.07) is 5.44. The number of fused-ring (bicyclic) bond motifs is 1. The number of amides is 1. The molecule has 0 saturated heterocycles. The zero-order valence-corrected chi connectivity index (χ0v) is 16.9. The number of hydrogen-bond donors (Lipinski definition) is 2. The average Bonchev–Trinajstić information content (AvgIpc) is 3.41. The molecule has 0 spiro atoms. The lowest BCUT2D eigenvalue weighted by Gasteiger charge is -2.11. The molecule has 2 aromatic heterocycles. The van der Waals surface area contributed by atoms with E-state index in [9.17, 15) is 14.4 Å². The third kappa shape index (κ3) is 4.09. The van der Waals surface area contributed by atoms with Crippen molar-refractivity contribution in [1.82, 2.24) is 14.5 Å². The van der Waals surface area contributed by atoms with Crippen LogP contribution in [0.5, 0.6) is 0 Å². The molecule has 2 N–H and O–H groups in total. The summed E-state index contributed by atoms with van der Waals surface area (Å²) in [6.45, 7) is 2.07. The molecule has 1 amide bonds. The van der Waals surface area contributed by atoms with Crippen LogP contribution < -0.4 is 11.0 Å².